The van der Waals surface area contributed by atoms with Crippen LogP contribution in [0.1, 0.15) is 31.7 Å². The average molecular weight is 325 g/mol. The van der Waals surface area contributed by atoms with Gasteiger partial charge in [0.05, 0.1) is 5.39 Å². The van der Waals surface area contributed by atoms with Gasteiger partial charge in [-0.05, 0) is 24.1 Å². The van der Waals surface area contributed by atoms with Gasteiger partial charge in [-0.3, -0.25) is 0 Å². The van der Waals surface area contributed by atoms with Gasteiger partial charge in [0.1, 0.15) is 23.4 Å². The second kappa shape index (κ2) is 4.32. The third-order valence-electron chi connectivity index (χ3n) is 6.89. The second-order valence-electron chi connectivity index (χ2n) is 7.67. The van der Waals surface area contributed by atoms with Gasteiger partial charge < -0.3 is 0 Å². The average Bonchev–Trinajstić information content (AvgIpc) is 3.21. The van der Waals surface area contributed by atoms with Crippen molar-refractivity contribution in [2.75, 3.05) is 0 Å². The summed E-state index contributed by atoms with van der Waals surface area (Å²) in [5, 5.41) is 4.16. The number of fused-ring (bicyclic) bond motifs is 7. The van der Waals surface area contributed by atoms with E-state index in [9.17, 15) is 0 Å². The summed E-state index contributed by atoms with van der Waals surface area (Å²) in [4.78, 5) is 0. The molecule has 2 nitrogen and oxygen atoms in total. The first kappa shape index (κ1) is 13.7. The lowest BCUT2D eigenvalue weighted by Crippen LogP contribution is -2.56. The molecule has 1 aliphatic heterocycles. The lowest BCUT2D eigenvalue weighted by molar-refractivity contribution is -0.735. The predicted octanol–water partition coefficient (Wildman–Crippen LogP) is 4.94. The Bertz CT molecular complexity index is 1210. The van der Waals surface area contributed by atoms with Gasteiger partial charge in [-0.25, -0.2) is 4.57 Å². The monoisotopic (exact) mass is 325 g/mol. The van der Waals surface area contributed by atoms with Crippen LogP contribution in [0.5, 0.6) is 0 Å². The SMILES string of the molecule is CCC12C=CC(c3cccc4c5ccccc5n5cc[n+]1c5c34)C2C. The molecule has 2 heteroatoms. The minimum atomic E-state index is 0.0772. The molecule has 1 aliphatic carbocycles. The first-order chi connectivity index (χ1) is 12.3. The summed E-state index contributed by atoms with van der Waals surface area (Å²) in [5.74, 6) is 1.06. The molecule has 3 unspecified atom stereocenters. The fourth-order valence-corrected chi connectivity index (χ4v) is 5.58. The molecule has 6 rings (SSSR count). The Morgan fingerprint density at radius 3 is 2.80 bits per heavy atom. The van der Waals surface area contributed by atoms with E-state index < -0.39 is 0 Å². The Balaban J connectivity index is 1.98. The van der Waals surface area contributed by atoms with E-state index in [4.69, 9.17) is 0 Å². The summed E-state index contributed by atoms with van der Waals surface area (Å²) in [6.45, 7) is 4.75. The van der Waals surface area contributed by atoms with Crippen LogP contribution in [-0.4, -0.2) is 4.40 Å². The van der Waals surface area contributed by atoms with Crippen molar-refractivity contribution in [2.45, 2.75) is 31.7 Å². The predicted molar refractivity (Wildman–Crippen MR) is 102 cm³/mol. The standard InChI is InChI=1S/C23H21N2/c1-3-23-12-11-16(15(23)2)18-8-6-9-19-17-7-4-5-10-20(17)24-13-14-25(23)22(24)21(18)19/h4-16H,3H2,1-2H3/q+1. The summed E-state index contributed by atoms with van der Waals surface area (Å²) < 4.78 is 4.96. The highest BCUT2D eigenvalue weighted by molar-refractivity contribution is 6.12. The van der Waals surface area contributed by atoms with Crippen LogP contribution in [0.15, 0.2) is 67.0 Å². The number of aromatic nitrogens is 2. The zero-order chi connectivity index (χ0) is 16.8. The van der Waals surface area contributed by atoms with Crippen LogP contribution in [0, 0.1) is 5.92 Å². The van der Waals surface area contributed by atoms with Crippen molar-refractivity contribution in [1.29, 1.82) is 0 Å². The Labute approximate surface area is 147 Å². The molecule has 25 heavy (non-hydrogen) atoms. The normalized spacial score (nSPS) is 27.0. The molecular weight excluding hydrogens is 304 g/mol. The Hall–Kier alpha value is -2.61. The number of imidazole rings is 1. The van der Waals surface area contributed by atoms with Crippen molar-refractivity contribution < 1.29 is 4.57 Å². The van der Waals surface area contributed by atoms with Crippen molar-refractivity contribution in [3.63, 3.8) is 0 Å². The van der Waals surface area contributed by atoms with Gasteiger partial charge in [0, 0.05) is 22.6 Å². The molecular formula is C23H21N2+. The van der Waals surface area contributed by atoms with Crippen molar-refractivity contribution in [2.24, 2.45) is 5.92 Å². The smallest absolute Gasteiger partial charge is 0.220 e. The van der Waals surface area contributed by atoms with Crippen LogP contribution >= 0.6 is 0 Å². The van der Waals surface area contributed by atoms with E-state index in [2.05, 4.69) is 89.8 Å². The molecule has 2 aromatic heterocycles. The summed E-state index contributed by atoms with van der Waals surface area (Å²) in [5.41, 5.74) is 4.21. The minimum Gasteiger partial charge on any atom is -0.220 e. The number of rotatable bonds is 1. The lowest BCUT2D eigenvalue weighted by atomic mass is 9.79. The number of allylic oxidation sites excluding steroid dienone is 2. The maximum absolute atomic E-state index is 2.55. The largest absolute Gasteiger partial charge is 0.295 e. The van der Waals surface area contributed by atoms with Crippen molar-refractivity contribution >= 4 is 27.3 Å². The number of benzene rings is 2. The molecule has 0 spiro atoms. The summed E-state index contributed by atoms with van der Waals surface area (Å²) in [6, 6.07) is 15.7. The van der Waals surface area contributed by atoms with Crippen LogP contribution in [0.3, 0.4) is 0 Å². The molecule has 0 N–H and O–H groups in total. The Morgan fingerprint density at radius 1 is 1.08 bits per heavy atom. The zero-order valence-corrected chi connectivity index (χ0v) is 14.6. The number of pyridine rings is 1. The first-order valence-corrected chi connectivity index (χ1v) is 9.32. The van der Waals surface area contributed by atoms with Crippen LogP contribution < -0.4 is 4.57 Å². The van der Waals surface area contributed by atoms with E-state index in [-0.39, 0.29) is 5.54 Å². The lowest BCUT2D eigenvalue weighted by Gasteiger charge is -2.30. The Kier molecular flexibility index (Phi) is 2.36. The first-order valence-electron chi connectivity index (χ1n) is 9.32. The van der Waals surface area contributed by atoms with Gasteiger partial charge in [0.15, 0.2) is 0 Å². The van der Waals surface area contributed by atoms with Gasteiger partial charge in [-0.15, -0.1) is 0 Å². The maximum atomic E-state index is 2.55. The number of nitrogens with zero attached hydrogens (tertiary/aromatic N) is 2. The van der Waals surface area contributed by atoms with Gasteiger partial charge in [-0.2, -0.15) is 4.40 Å². The van der Waals surface area contributed by atoms with E-state index in [1.54, 1.807) is 0 Å². The maximum Gasteiger partial charge on any atom is 0.295 e. The van der Waals surface area contributed by atoms with Crippen molar-refractivity contribution in [3.05, 3.63) is 72.6 Å². The number of hydrogen-bond acceptors (Lipinski definition) is 0. The van der Waals surface area contributed by atoms with Crippen LogP contribution in [0.25, 0.3) is 27.3 Å². The van der Waals surface area contributed by atoms with E-state index >= 15 is 0 Å². The van der Waals surface area contributed by atoms with Gasteiger partial charge in [0.25, 0.3) is 5.65 Å². The second-order valence-corrected chi connectivity index (χ2v) is 7.67. The molecule has 2 aliphatic rings. The highest BCUT2D eigenvalue weighted by Gasteiger charge is 2.50. The highest BCUT2D eigenvalue weighted by Crippen LogP contribution is 2.49. The van der Waals surface area contributed by atoms with Crippen LogP contribution in [0.4, 0.5) is 0 Å². The van der Waals surface area contributed by atoms with E-state index in [0.717, 1.165) is 6.42 Å². The molecule has 0 amide bonds. The van der Waals surface area contributed by atoms with Crippen molar-refractivity contribution in [1.82, 2.24) is 4.40 Å². The zero-order valence-electron chi connectivity index (χ0n) is 14.6. The highest BCUT2D eigenvalue weighted by atomic mass is 15.2. The summed E-state index contributed by atoms with van der Waals surface area (Å²) in [6.07, 6.45) is 10.6. The molecule has 0 saturated heterocycles. The molecule has 3 atom stereocenters. The topological polar surface area (TPSA) is 8.29 Å². The van der Waals surface area contributed by atoms with Gasteiger partial charge in [0.2, 0.25) is 0 Å². The van der Waals surface area contributed by atoms with Crippen molar-refractivity contribution in [3.8, 4) is 0 Å². The third kappa shape index (κ3) is 1.38. The Morgan fingerprint density at radius 2 is 1.92 bits per heavy atom. The molecule has 0 radical (unpaired) electrons. The third-order valence-corrected chi connectivity index (χ3v) is 6.89. The van der Waals surface area contributed by atoms with Crippen LogP contribution in [0.2, 0.25) is 0 Å². The minimum absolute atomic E-state index is 0.0772. The van der Waals surface area contributed by atoms with E-state index in [1.165, 1.54) is 32.9 Å². The van der Waals surface area contributed by atoms with E-state index in [0.29, 0.717) is 11.8 Å². The number of hydrogen-bond donors (Lipinski definition) is 0. The quantitative estimate of drug-likeness (QED) is 0.266. The molecule has 2 bridgehead atoms. The van der Waals surface area contributed by atoms with E-state index in [1.807, 2.05) is 0 Å². The number of para-hydroxylation sites is 1. The summed E-state index contributed by atoms with van der Waals surface area (Å²) >= 11 is 0. The molecule has 4 aromatic rings. The molecule has 122 valence electrons. The van der Waals surface area contributed by atoms with Crippen LogP contribution in [-0.2, 0) is 5.54 Å². The molecule has 2 aromatic carbocycles. The van der Waals surface area contributed by atoms with Gasteiger partial charge >= 0.3 is 0 Å². The molecule has 3 heterocycles. The molecule has 0 fully saturated rings. The van der Waals surface area contributed by atoms with Gasteiger partial charge in [-0.1, -0.05) is 56.3 Å². The molecule has 0 saturated carbocycles. The fraction of sp³-hybridized carbons (Fsp3) is 0.261. The fourth-order valence-electron chi connectivity index (χ4n) is 5.58. The summed E-state index contributed by atoms with van der Waals surface area (Å²) in [7, 11) is 0.